The van der Waals surface area contributed by atoms with Crippen LogP contribution in [0.15, 0.2) is 6.07 Å². The molecular weight excluding hydrogens is 284 g/mol. The van der Waals surface area contributed by atoms with Crippen LogP contribution >= 0.6 is 0 Å². The number of phenolic OH excluding ortho intramolecular Hbond substituents is 1. The van der Waals surface area contributed by atoms with E-state index in [-0.39, 0.29) is 48.8 Å². The molecule has 1 aliphatic heterocycles. The molecule has 0 amide bonds. The van der Waals surface area contributed by atoms with Crippen LogP contribution in [0.4, 0.5) is 0 Å². The van der Waals surface area contributed by atoms with E-state index in [1.54, 1.807) is 6.92 Å². The van der Waals surface area contributed by atoms with E-state index in [1.165, 1.54) is 13.2 Å². The minimum absolute atomic E-state index is 0.000511. The van der Waals surface area contributed by atoms with Gasteiger partial charge in [-0.25, -0.2) is 4.79 Å². The van der Waals surface area contributed by atoms with E-state index in [0.717, 1.165) is 0 Å². The third-order valence-corrected chi connectivity index (χ3v) is 2.75. The van der Waals surface area contributed by atoms with Crippen molar-refractivity contribution in [2.45, 2.75) is 13.0 Å². The summed E-state index contributed by atoms with van der Waals surface area (Å²) in [4.78, 5) is 11.7. The minimum Gasteiger partial charge on any atom is -0.502 e. The topological polar surface area (TPSA) is 104 Å². The number of methoxy groups -OCH3 is 1. The van der Waals surface area contributed by atoms with Gasteiger partial charge in [-0.3, -0.25) is 0 Å². The standard InChI is InChI=1S/C13H16O8/c1-3-18-13(16)9(14)7-4-8(19-5-17-2)10(15)12-11(7)20-6-21-12/h4,9,14-15H,3,5-6H2,1-2H3. The number of aliphatic hydroxyl groups is 1. The Hall–Kier alpha value is -2.19. The number of aliphatic hydroxyl groups excluding tert-OH is 1. The van der Waals surface area contributed by atoms with Gasteiger partial charge in [0.15, 0.2) is 24.4 Å². The molecule has 0 saturated carbocycles. The van der Waals surface area contributed by atoms with Crippen LogP contribution in [-0.4, -0.2) is 43.5 Å². The van der Waals surface area contributed by atoms with Crippen molar-refractivity contribution in [3.63, 3.8) is 0 Å². The highest BCUT2D eigenvalue weighted by molar-refractivity contribution is 5.79. The fourth-order valence-corrected chi connectivity index (χ4v) is 1.84. The summed E-state index contributed by atoms with van der Waals surface area (Å²) < 4.78 is 25.0. The predicted molar refractivity (Wildman–Crippen MR) is 68.3 cm³/mol. The second-order valence-corrected chi connectivity index (χ2v) is 4.08. The van der Waals surface area contributed by atoms with Gasteiger partial charge < -0.3 is 33.9 Å². The highest BCUT2D eigenvalue weighted by Crippen LogP contribution is 2.50. The number of rotatable bonds is 6. The smallest absolute Gasteiger partial charge is 0.339 e. The van der Waals surface area contributed by atoms with Crippen LogP contribution in [0.1, 0.15) is 18.6 Å². The molecule has 0 bridgehead atoms. The number of phenols is 1. The van der Waals surface area contributed by atoms with Crippen molar-refractivity contribution in [2.75, 3.05) is 27.3 Å². The average molecular weight is 300 g/mol. The molecule has 1 aromatic rings. The van der Waals surface area contributed by atoms with Gasteiger partial charge >= 0.3 is 5.97 Å². The molecule has 2 rings (SSSR count). The minimum atomic E-state index is -1.58. The van der Waals surface area contributed by atoms with Crippen LogP contribution < -0.4 is 14.2 Å². The quantitative estimate of drug-likeness (QED) is 0.584. The van der Waals surface area contributed by atoms with Crippen LogP contribution in [0.2, 0.25) is 0 Å². The lowest BCUT2D eigenvalue weighted by molar-refractivity contribution is -0.153. The van der Waals surface area contributed by atoms with E-state index < -0.39 is 12.1 Å². The first kappa shape index (κ1) is 15.2. The van der Waals surface area contributed by atoms with Crippen LogP contribution in [0.3, 0.4) is 0 Å². The highest BCUT2D eigenvalue weighted by Gasteiger charge is 2.32. The molecule has 116 valence electrons. The zero-order valence-corrected chi connectivity index (χ0v) is 11.6. The molecule has 1 unspecified atom stereocenters. The summed E-state index contributed by atoms with van der Waals surface area (Å²) >= 11 is 0. The van der Waals surface area contributed by atoms with Crippen molar-refractivity contribution in [3.05, 3.63) is 11.6 Å². The maximum Gasteiger partial charge on any atom is 0.339 e. The van der Waals surface area contributed by atoms with Crippen molar-refractivity contribution in [3.8, 4) is 23.0 Å². The van der Waals surface area contributed by atoms with E-state index in [9.17, 15) is 15.0 Å². The number of benzene rings is 1. The molecule has 0 aromatic heterocycles. The molecule has 0 saturated heterocycles. The lowest BCUT2D eigenvalue weighted by Crippen LogP contribution is -2.16. The van der Waals surface area contributed by atoms with Gasteiger partial charge in [-0.05, 0) is 13.0 Å². The van der Waals surface area contributed by atoms with Gasteiger partial charge in [-0.1, -0.05) is 0 Å². The Morgan fingerprint density at radius 1 is 1.43 bits per heavy atom. The summed E-state index contributed by atoms with van der Waals surface area (Å²) in [6.07, 6.45) is -1.58. The largest absolute Gasteiger partial charge is 0.502 e. The Labute approximate surface area is 120 Å². The zero-order valence-electron chi connectivity index (χ0n) is 11.6. The normalized spacial score (nSPS) is 13.9. The number of carbonyl (C=O) groups excluding carboxylic acids is 1. The highest BCUT2D eigenvalue weighted by atomic mass is 16.7. The zero-order chi connectivity index (χ0) is 15.4. The Bertz CT molecular complexity index is 527. The second kappa shape index (κ2) is 6.51. The van der Waals surface area contributed by atoms with Crippen molar-refractivity contribution < 1.29 is 38.7 Å². The Morgan fingerprint density at radius 3 is 2.81 bits per heavy atom. The number of esters is 1. The first-order valence-corrected chi connectivity index (χ1v) is 6.22. The van der Waals surface area contributed by atoms with E-state index in [2.05, 4.69) is 0 Å². The number of hydrogen-bond acceptors (Lipinski definition) is 8. The predicted octanol–water partition coefficient (Wildman–Crippen LogP) is 0.700. The molecule has 1 aromatic carbocycles. The van der Waals surface area contributed by atoms with Crippen LogP contribution in [0.5, 0.6) is 23.0 Å². The average Bonchev–Trinajstić information content (AvgIpc) is 2.96. The Kier molecular flexibility index (Phi) is 4.71. The molecule has 1 aliphatic rings. The van der Waals surface area contributed by atoms with Gasteiger partial charge in [-0.2, -0.15) is 0 Å². The summed E-state index contributed by atoms with van der Waals surface area (Å²) in [7, 11) is 1.42. The van der Waals surface area contributed by atoms with Crippen LogP contribution in [-0.2, 0) is 14.3 Å². The van der Waals surface area contributed by atoms with Crippen molar-refractivity contribution in [1.82, 2.24) is 0 Å². The molecule has 1 atom stereocenters. The van der Waals surface area contributed by atoms with E-state index in [0.29, 0.717) is 0 Å². The maximum absolute atomic E-state index is 11.7. The van der Waals surface area contributed by atoms with Gasteiger partial charge in [0.05, 0.1) is 6.61 Å². The molecule has 1 heterocycles. The first-order chi connectivity index (χ1) is 10.1. The third kappa shape index (κ3) is 2.96. The molecule has 21 heavy (non-hydrogen) atoms. The first-order valence-electron chi connectivity index (χ1n) is 6.22. The summed E-state index contributed by atoms with van der Waals surface area (Å²) in [5.41, 5.74) is 0.0878. The second-order valence-electron chi connectivity index (χ2n) is 4.08. The van der Waals surface area contributed by atoms with Crippen LogP contribution in [0.25, 0.3) is 0 Å². The number of carbonyl (C=O) groups is 1. The van der Waals surface area contributed by atoms with Gasteiger partial charge in [-0.15, -0.1) is 0 Å². The molecule has 8 nitrogen and oxygen atoms in total. The van der Waals surface area contributed by atoms with Crippen molar-refractivity contribution in [2.24, 2.45) is 0 Å². The maximum atomic E-state index is 11.7. The lowest BCUT2D eigenvalue weighted by atomic mass is 10.1. The summed E-state index contributed by atoms with van der Waals surface area (Å²) in [6, 6.07) is 1.28. The van der Waals surface area contributed by atoms with Crippen molar-refractivity contribution >= 4 is 5.97 Å². The summed E-state index contributed by atoms with van der Waals surface area (Å²) in [5.74, 6) is -1.04. The van der Waals surface area contributed by atoms with Gasteiger partial charge in [0.25, 0.3) is 0 Å². The molecule has 8 heteroatoms. The van der Waals surface area contributed by atoms with Crippen molar-refractivity contribution in [1.29, 1.82) is 0 Å². The van der Waals surface area contributed by atoms with E-state index in [4.69, 9.17) is 23.7 Å². The number of aromatic hydroxyl groups is 1. The molecular formula is C13H16O8. The van der Waals surface area contributed by atoms with Gasteiger partial charge in [0.1, 0.15) is 0 Å². The molecule has 0 fully saturated rings. The van der Waals surface area contributed by atoms with E-state index >= 15 is 0 Å². The fourth-order valence-electron chi connectivity index (χ4n) is 1.84. The van der Waals surface area contributed by atoms with Crippen LogP contribution in [0, 0.1) is 0 Å². The van der Waals surface area contributed by atoms with Gasteiger partial charge in [0.2, 0.25) is 18.3 Å². The number of hydrogen-bond donors (Lipinski definition) is 2. The molecule has 0 aliphatic carbocycles. The number of fused-ring (bicyclic) bond motifs is 1. The monoisotopic (exact) mass is 300 g/mol. The Balaban J connectivity index is 2.40. The van der Waals surface area contributed by atoms with Gasteiger partial charge in [0, 0.05) is 12.7 Å². The molecule has 0 radical (unpaired) electrons. The van der Waals surface area contributed by atoms with E-state index in [1.807, 2.05) is 0 Å². The lowest BCUT2D eigenvalue weighted by Gasteiger charge is -2.15. The SMILES string of the molecule is CCOC(=O)C(O)c1cc(OCOC)c(O)c2c1OCO2. The molecule has 2 N–H and O–H groups in total. The third-order valence-electron chi connectivity index (χ3n) is 2.75. The number of ether oxygens (including phenoxy) is 5. The molecule has 0 spiro atoms. The fraction of sp³-hybridized carbons (Fsp3) is 0.462. The summed E-state index contributed by atoms with van der Waals surface area (Å²) in [6.45, 7) is 1.49. The summed E-state index contributed by atoms with van der Waals surface area (Å²) in [5, 5.41) is 20.0. The Morgan fingerprint density at radius 2 is 2.14 bits per heavy atom.